The maximum absolute atomic E-state index is 3.62. The van der Waals surface area contributed by atoms with Crippen LogP contribution in [-0.4, -0.2) is 0 Å². The van der Waals surface area contributed by atoms with Crippen LogP contribution in [0.25, 0.3) is 0 Å². The maximum Gasteiger partial charge on any atom is -0.0458 e. The Balaban J connectivity index is 3.45. The Kier molecular flexibility index (Phi) is 2.93. The minimum absolute atomic E-state index is 0.853. The molecular formula is C8H12-2. The van der Waals surface area contributed by atoms with Crippen LogP contribution in [0, 0.1) is 13.3 Å². The molecule has 0 unspecified atom stereocenters. The van der Waals surface area contributed by atoms with E-state index >= 15 is 0 Å². The van der Waals surface area contributed by atoms with Crippen molar-refractivity contribution in [1.82, 2.24) is 0 Å². The molecule has 0 fully saturated rings. The third-order valence-corrected chi connectivity index (χ3v) is 0.652. The Morgan fingerprint density at radius 3 is 2.25 bits per heavy atom. The van der Waals surface area contributed by atoms with Crippen LogP contribution >= 0.6 is 0 Å². The molecule has 0 nitrogen and oxygen atoms in total. The molecule has 0 aromatic rings. The van der Waals surface area contributed by atoms with Gasteiger partial charge in [-0.2, -0.15) is 6.08 Å². The van der Waals surface area contributed by atoms with E-state index in [1.54, 1.807) is 0 Å². The predicted molar refractivity (Wildman–Crippen MR) is 38.2 cm³/mol. The molecule has 0 aliphatic carbocycles. The maximum atomic E-state index is 3.62. The average molecular weight is 108 g/mol. The van der Waals surface area contributed by atoms with Gasteiger partial charge in [-0.3, -0.25) is 6.42 Å². The molecular weight excluding hydrogens is 96.1 g/mol. The van der Waals surface area contributed by atoms with E-state index in [1.165, 1.54) is 5.57 Å². The van der Waals surface area contributed by atoms with Gasteiger partial charge in [0.25, 0.3) is 0 Å². The zero-order valence-electron chi connectivity index (χ0n) is 5.57. The molecule has 0 heterocycles. The van der Waals surface area contributed by atoms with E-state index in [2.05, 4.69) is 13.5 Å². The van der Waals surface area contributed by atoms with Crippen molar-refractivity contribution in [2.75, 3.05) is 0 Å². The minimum Gasteiger partial charge on any atom is -0.365 e. The normalized spacial score (nSPS) is 7.75. The van der Waals surface area contributed by atoms with Crippen molar-refractivity contribution in [2.45, 2.75) is 13.8 Å². The van der Waals surface area contributed by atoms with Gasteiger partial charge in [0.15, 0.2) is 0 Å². The highest BCUT2D eigenvalue weighted by atomic mass is 13.9. The molecule has 0 rings (SSSR count). The van der Waals surface area contributed by atoms with Crippen molar-refractivity contribution in [3.05, 3.63) is 37.1 Å². The van der Waals surface area contributed by atoms with E-state index in [0.717, 1.165) is 5.57 Å². The Labute approximate surface area is 51.9 Å². The summed E-state index contributed by atoms with van der Waals surface area (Å²) in [6, 6.07) is 0. The summed E-state index contributed by atoms with van der Waals surface area (Å²) in [6.45, 7) is 11.3. The van der Waals surface area contributed by atoms with Gasteiger partial charge in [-0.25, -0.2) is 0 Å². The van der Waals surface area contributed by atoms with Crippen LogP contribution in [0.5, 0.6) is 0 Å². The van der Waals surface area contributed by atoms with E-state index < -0.39 is 0 Å². The largest absolute Gasteiger partial charge is 0.365 e. The lowest BCUT2D eigenvalue weighted by molar-refractivity contribution is 1.37. The standard InChI is InChI=1S/C8H12/c1-7(2)5-6-8(3)4/h5-6H,1-2H2,3-4H3/q-2. The third kappa shape index (κ3) is 5.22. The quantitative estimate of drug-likeness (QED) is 0.477. The smallest absolute Gasteiger partial charge is 0.0458 e. The van der Waals surface area contributed by atoms with E-state index in [9.17, 15) is 0 Å². The van der Waals surface area contributed by atoms with E-state index in [1.807, 2.05) is 26.3 Å². The topological polar surface area (TPSA) is 0 Å². The summed E-state index contributed by atoms with van der Waals surface area (Å²) in [5.41, 5.74) is 2.13. The number of hydrogen-bond acceptors (Lipinski definition) is 0. The molecule has 0 bridgehead atoms. The molecule has 0 aliphatic rings. The van der Waals surface area contributed by atoms with Crippen molar-refractivity contribution < 1.29 is 0 Å². The van der Waals surface area contributed by atoms with Crippen LogP contribution in [0.4, 0.5) is 0 Å². The Hall–Kier alpha value is -0.780. The summed E-state index contributed by atoms with van der Waals surface area (Å²) in [6.07, 6.45) is 3.89. The van der Waals surface area contributed by atoms with Gasteiger partial charge in [-0.1, -0.05) is 5.57 Å². The minimum atomic E-state index is 0.853. The highest BCUT2D eigenvalue weighted by molar-refractivity contribution is 5.21. The first-order valence-electron chi connectivity index (χ1n) is 2.62. The third-order valence-electron chi connectivity index (χ3n) is 0.652. The van der Waals surface area contributed by atoms with Crippen LogP contribution in [-0.2, 0) is 0 Å². The zero-order chi connectivity index (χ0) is 6.57. The first-order chi connectivity index (χ1) is 3.63. The van der Waals surface area contributed by atoms with Crippen molar-refractivity contribution in [1.29, 1.82) is 0 Å². The fourth-order valence-electron chi connectivity index (χ4n) is 0.285. The van der Waals surface area contributed by atoms with Gasteiger partial charge >= 0.3 is 0 Å². The molecule has 46 valence electrons. The van der Waals surface area contributed by atoms with E-state index in [-0.39, 0.29) is 0 Å². The second-order valence-corrected chi connectivity index (χ2v) is 2.07. The highest BCUT2D eigenvalue weighted by Crippen LogP contribution is 1.97. The molecule has 0 radical (unpaired) electrons. The Morgan fingerprint density at radius 2 is 2.12 bits per heavy atom. The van der Waals surface area contributed by atoms with Crippen LogP contribution in [0.2, 0.25) is 0 Å². The SMILES string of the molecule is C=C([CH2-])[CH-]C=C(C)C. The molecule has 0 aromatic carbocycles. The molecule has 0 aromatic heterocycles. The van der Waals surface area contributed by atoms with Gasteiger partial charge in [-0.15, -0.1) is 0 Å². The average Bonchev–Trinajstić information content (AvgIpc) is 1.61. The lowest BCUT2D eigenvalue weighted by Crippen LogP contribution is -1.71. The molecule has 0 aliphatic heterocycles. The van der Waals surface area contributed by atoms with Crippen molar-refractivity contribution in [3.8, 4) is 0 Å². The monoisotopic (exact) mass is 108 g/mol. The van der Waals surface area contributed by atoms with Crippen LogP contribution in [0.1, 0.15) is 13.8 Å². The molecule has 8 heavy (non-hydrogen) atoms. The Bertz CT molecular complexity index is 103. The van der Waals surface area contributed by atoms with Crippen molar-refractivity contribution in [2.24, 2.45) is 0 Å². The molecule has 0 saturated carbocycles. The van der Waals surface area contributed by atoms with Gasteiger partial charge in [0.05, 0.1) is 0 Å². The fourth-order valence-corrected chi connectivity index (χ4v) is 0.285. The predicted octanol–water partition coefficient (Wildman–Crippen LogP) is 2.55. The van der Waals surface area contributed by atoms with Crippen LogP contribution in [0.15, 0.2) is 23.8 Å². The molecule has 0 amide bonds. The zero-order valence-corrected chi connectivity index (χ0v) is 5.57. The summed E-state index contributed by atoms with van der Waals surface area (Å²) in [4.78, 5) is 0. The van der Waals surface area contributed by atoms with Crippen molar-refractivity contribution >= 4 is 0 Å². The lowest BCUT2D eigenvalue weighted by Gasteiger charge is -2.10. The second-order valence-electron chi connectivity index (χ2n) is 2.07. The van der Waals surface area contributed by atoms with Gasteiger partial charge in [0.1, 0.15) is 0 Å². The summed E-state index contributed by atoms with van der Waals surface area (Å²) in [7, 11) is 0. The first-order valence-corrected chi connectivity index (χ1v) is 2.62. The van der Waals surface area contributed by atoms with Gasteiger partial charge in [-0.05, 0) is 13.8 Å². The fraction of sp³-hybridized carbons (Fsp3) is 0.250. The number of rotatable bonds is 2. The molecule has 0 heteroatoms. The number of hydrogen-bond donors (Lipinski definition) is 0. The molecule has 0 N–H and O–H groups in total. The summed E-state index contributed by atoms with van der Waals surface area (Å²) >= 11 is 0. The second kappa shape index (κ2) is 3.25. The summed E-state index contributed by atoms with van der Waals surface area (Å²) in [5, 5.41) is 0. The van der Waals surface area contributed by atoms with Crippen LogP contribution < -0.4 is 0 Å². The lowest BCUT2D eigenvalue weighted by atomic mass is 10.2. The first kappa shape index (κ1) is 7.22. The van der Waals surface area contributed by atoms with Gasteiger partial charge < -0.3 is 19.1 Å². The highest BCUT2D eigenvalue weighted by Gasteiger charge is 1.64. The summed E-state index contributed by atoms with van der Waals surface area (Å²) in [5.74, 6) is 0. The van der Waals surface area contributed by atoms with E-state index in [0.29, 0.717) is 0 Å². The number of allylic oxidation sites excluding steroid dienone is 3. The van der Waals surface area contributed by atoms with Gasteiger partial charge in [0.2, 0.25) is 0 Å². The van der Waals surface area contributed by atoms with Crippen LogP contribution in [0.3, 0.4) is 0 Å². The summed E-state index contributed by atoms with van der Waals surface area (Å²) < 4.78 is 0. The van der Waals surface area contributed by atoms with Crippen molar-refractivity contribution in [3.63, 3.8) is 0 Å². The molecule has 0 saturated heterocycles. The molecule has 0 spiro atoms. The Morgan fingerprint density at radius 1 is 1.62 bits per heavy atom. The van der Waals surface area contributed by atoms with Gasteiger partial charge in [0, 0.05) is 0 Å². The van der Waals surface area contributed by atoms with E-state index in [4.69, 9.17) is 0 Å². The molecule has 0 atom stereocenters.